The van der Waals surface area contributed by atoms with E-state index in [4.69, 9.17) is 15.8 Å². The van der Waals surface area contributed by atoms with E-state index in [9.17, 15) is 0 Å². The molecule has 0 bridgehead atoms. The summed E-state index contributed by atoms with van der Waals surface area (Å²) in [5.41, 5.74) is 8.49. The van der Waals surface area contributed by atoms with E-state index in [-0.39, 0.29) is 5.54 Å². The van der Waals surface area contributed by atoms with Crippen LogP contribution in [0.25, 0.3) is 5.70 Å². The second-order valence-electron chi connectivity index (χ2n) is 5.04. The molecule has 0 atom stereocenters. The molecular formula is C15H22N4O. The number of pyridine rings is 1. The Kier molecular flexibility index (Phi) is 6.60. The van der Waals surface area contributed by atoms with E-state index in [0.29, 0.717) is 11.3 Å². The minimum absolute atomic E-state index is 0.138. The monoisotopic (exact) mass is 274 g/mol. The molecule has 0 aliphatic heterocycles. The first kappa shape index (κ1) is 17.8. The van der Waals surface area contributed by atoms with Gasteiger partial charge in [-0.25, -0.2) is 0 Å². The first-order valence-corrected chi connectivity index (χ1v) is 6.10. The first-order chi connectivity index (χ1) is 9.30. The molecule has 0 aliphatic carbocycles. The number of nitriles is 1. The summed E-state index contributed by atoms with van der Waals surface area (Å²) in [7, 11) is 4.04. The zero-order valence-corrected chi connectivity index (χ0v) is 12.8. The second-order valence-corrected chi connectivity index (χ2v) is 5.04. The van der Waals surface area contributed by atoms with Gasteiger partial charge in [0.15, 0.2) is 0 Å². The van der Waals surface area contributed by atoms with Crippen molar-refractivity contribution in [3.63, 3.8) is 0 Å². The molecule has 0 aromatic carbocycles. The molecule has 5 nitrogen and oxygen atoms in total. The molecule has 1 aromatic heterocycles. The van der Waals surface area contributed by atoms with E-state index < -0.39 is 0 Å². The Balaban J connectivity index is 0.00000172. The maximum Gasteiger partial charge on any atom is 0.106 e. The first-order valence-electron chi connectivity index (χ1n) is 6.10. The molecule has 0 fully saturated rings. The molecule has 1 rings (SSSR count). The van der Waals surface area contributed by atoms with Crippen LogP contribution < -0.4 is 5.73 Å². The highest BCUT2D eigenvalue weighted by atomic mass is 16.1. The summed E-state index contributed by atoms with van der Waals surface area (Å²) < 4.78 is 0. The van der Waals surface area contributed by atoms with Crippen LogP contribution in [0.15, 0.2) is 23.9 Å². The Morgan fingerprint density at radius 1 is 1.40 bits per heavy atom. The standard InChI is InChI=1S/C14H20N4.CH2O/c1-10(8-15)13(16)11-6-7-12(17-9-11)14(2,3)18(4)5;1-2/h6-7,9H,16H2,1-5H3;1H2/b13-10+;. The lowest BCUT2D eigenvalue weighted by atomic mass is 9.97. The van der Waals surface area contributed by atoms with Crippen LogP contribution in [0.5, 0.6) is 0 Å². The predicted molar refractivity (Wildman–Crippen MR) is 80.5 cm³/mol. The highest BCUT2D eigenvalue weighted by molar-refractivity contribution is 5.67. The molecule has 108 valence electrons. The van der Waals surface area contributed by atoms with Crippen molar-refractivity contribution in [2.24, 2.45) is 5.73 Å². The molecule has 0 spiro atoms. The molecule has 0 unspecified atom stereocenters. The minimum atomic E-state index is -0.138. The zero-order valence-electron chi connectivity index (χ0n) is 12.8. The normalized spacial score (nSPS) is 12.1. The molecule has 0 saturated heterocycles. The summed E-state index contributed by atoms with van der Waals surface area (Å²) in [6.45, 7) is 7.91. The molecule has 5 heteroatoms. The Hall–Kier alpha value is -2.19. The van der Waals surface area contributed by atoms with Gasteiger partial charge < -0.3 is 10.5 Å². The molecule has 20 heavy (non-hydrogen) atoms. The topological polar surface area (TPSA) is 83.0 Å². The van der Waals surface area contributed by atoms with Gasteiger partial charge in [0.25, 0.3) is 0 Å². The minimum Gasteiger partial charge on any atom is -0.397 e. The van der Waals surface area contributed by atoms with Gasteiger partial charge in [-0.1, -0.05) is 0 Å². The summed E-state index contributed by atoms with van der Waals surface area (Å²) in [6.07, 6.45) is 1.72. The number of hydrogen-bond donors (Lipinski definition) is 1. The molecule has 0 saturated carbocycles. The van der Waals surface area contributed by atoms with Gasteiger partial charge in [-0.15, -0.1) is 0 Å². The van der Waals surface area contributed by atoms with Gasteiger partial charge >= 0.3 is 0 Å². The number of nitrogens with zero attached hydrogens (tertiary/aromatic N) is 3. The van der Waals surface area contributed by atoms with Crippen LogP contribution in [-0.4, -0.2) is 30.8 Å². The fraction of sp³-hybridized carbons (Fsp3) is 0.400. The Morgan fingerprint density at radius 2 is 1.95 bits per heavy atom. The van der Waals surface area contributed by atoms with Crippen LogP contribution in [-0.2, 0) is 10.3 Å². The number of nitrogens with two attached hydrogens (primary N) is 1. The molecule has 2 N–H and O–H groups in total. The van der Waals surface area contributed by atoms with E-state index in [2.05, 4.69) is 23.7 Å². The number of hydrogen-bond acceptors (Lipinski definition) is 5. The molecule has 0 aliphatic rings. The number of allylic oxidation sites excluding steroid dienone is 1. The van der Waals surface area contributed by atoms with E-state index in [0.717, 1.165) is 11.3 Å². The molecule has 1 aromatic rings. The van der Waals surface area contributed by atoms with Gasteiger partial charge in [0.2, 0.25) is 0 Å². The van der Waals surface area contributed by atoms with Crippen molar-refractivity contribution in [1.29, 1.82) is 5.26 Å². The van der Waals surface area contributed by atoms with Crippen molar-refractivity contribution < 1.29 is 4.79 Å². The zero-order chi connectivity index (χ0) is 15.9. The summed E-state index contributed by atoms with van der Waals surface area (Å²) in [4.78, 5) is 14.6. The lowest BCUT2D eigenvalue weighted by Crippen LogP contribution is -2.36. The van der Waals surface area contributed by atoms with Crippen molar-refractivity contribution in [2.75, 3.05) is 14.1 Å². The van der Waals surface area contributed by atoms with Crippen LogP contribution in [0.4, 0.5) is 0 Å². The largest absolute Gasteiger partial charge is 0.397 e. The molecule has 0 radical (unpaired) electrons. The van der Waals surface area contributed by atoms with Gasteiger partial charge in [-0.2, -0.15) is 5.26 Å². The van der Waals surface area contributed by atoms with Gasteiger partial charge in [-0.3, -0.25) is 9.88 Å². The van der Waals surface area contributed by atoms with Gasteiger partial charge in [0.05, 0.1) is 23.0 Å². The lowest BCUT2D eigenvalue weighted by Gasteiger charge is -2.31. The van der Waals surface area contributed by atoms with E-state index in [1.165, 1.54) is 0 Å². The highest BCUT2D eigenvalue weighted by Crippen LogP contribution is 2.24. The Morgan fingerprint density at radius 3 is 2.30 bits per heavy atom. The molecule has 0 amide bonds. The van der Waals surface area contributed by atoms with E-state index in [1.54, 1.807) is 13.1 Å². The third kappa shape index (κ3) is 3.90. The summed E-state index contributed by atoms with van der Waals surface area (Å²) in [6, 6.07) is 5.90. The summed E-state index contributed by atoms with van der Waals surface area (Å²) >= 11 is 0. The number of rotatable bonds is 3. The molecular weight excluding hydrogens is 252 g/mol. The van der Waals surface area contributed by atoms with Crippen LogP contribution in [0.3, 0.4) is 0 Å². The second kappa shape index (κ2) is 7.41. The smallest absolute Gasteiger partial charge is 0.106 e. The van der Waals surface area contributed by atoms with Crippen LogP contribution in [0.2, 0.25) is 0 Å². The maximum atomic E-state index is 8.81. The van der Waals surface area contributed by atoms with Crippen molar-refractivity contribution in [2.45, 2.75) is 26.3 Å². The maximum absolute atomic E-state index is 8.81. The van der Waals surface area contributed by atoms with Gasteiger partial charge in [-0.05, 0) is 47.0 Å². The van der Waals surface area contributed by atoms with Crippen molar-refractivity contribution in [3.05, 3.63) is 35.2 Å². The average molecular weight is 274 g/mol. The van der Waals surface area contributed by atoms with Crippen LogP contribution in [0, 0.1) is 11.3 Å². The summed E-state index contributed by atoms with van der Waals surface area (Å²) in [5.74, 6) is 0. The summed E-state index contributed by atoms with van der Waals surface area (Å²) in [5, 5.41) is 8.81. The van der Waals surface area contributed by atoms with Crippen molar-refractivity contribution in [3.8, 4) is 6.07 Å². The van der Waals surface area contributed by atoms with Crippen LogP contribution >= 0.6 is 0 Å². The number of aromatic nitrogens is 1. The fourth-order valence-electron chi connectivity index (χ4n) is 1.42. The van der Waals surface area contributed by atoms with E-state index >= 15 is 0 Å². The van der Waals surface area contributed by atoms with Gasteiger partial charge in [0.1, 0.15) is 6.79 Å². The Bertz CT molecular complexity index is 510. The number of carbonyl (C=O) groups excluding carboxylic acids is 1. The SMILES string of the molecule is C/C(C#N)=C(\N)c1ccc(C(C)(C)N(C)C)nc1.C=O. The molecule has 1 heterocycles. The van der Waals surface area contributed by atoms with E-state index in [1.807, 2.05) is 39.1 Å². The van der Waals surface area contributed by atoms with Crippen molar-refractivity contribution >= 4 is 12.5 Å². The van der Waals surface area contributed by atoms with Crippen LogP contribution in [0.1, 0.15) is 32.0 Å². The predicted octanol–water partition coefficient (Wildman–Crippen LogP) is 1.91. The van der Waals surface area contributed by atoms with Gasteiger partial charge in [0, 0.05) is 17.3 Å². The third-order valence-corrected chi connectivity index (χ3v) is 3.39. The Labute approximate surface area is 120 Å². The third-order valence-electron chi connectivity index (χ3n) is 3.39. The number of carbonyl (C=O) groups is 1. The fourth-order valence-corrected chi connectivity index (χ4v) is 1.42. The highest BCUT2D eigenvalue weighted by Gasteiger charge is 2.24. The van der Waals surface area contributed by atoms with Crippen molar-refractivity contribution in [1.82, 2.24) is 9.88 Å². The quantitative estimate of drug-likeness (QED) is 0.851. The lowest BCUT2D eigenvalue weighted by molar-refractivity contribution is -0.0979. The average Bonchev–Trinajstić information content (AvgIpc) is 2.47.